The summed E-state index contributed by atoms with van der Waals surface area (Å²) in [6.45, 7) is 10.2. The zero-order valence-corrected chi connectivity index (χ0v) is 22.0. The fourth-order valence-electron chi connectivity index (χ4n) is 11.4. The fourth-order valence-corrected chi connectivity index (χ4v) is 11.4. The van der Waals surface area contributed by atoms with E-state index in [0.29, 0.717) is 41.2 Å². The molecular weight excluding hydrogens is 444 g/mol. The van der Waals surface area contributed by atoms with Crippen LogP contribution in [-0.4, -0.2) is 55.5 Å². The summed E-state index contributed by atoms with van der Waals surface area (Å²) in [6.07, 6.45) is 10.3. The molecule has 0 bridgehead atoms. The molecule has 0 aromatic heterocycles. The topological polar surface area (TPSA) is 82.1 Å². The van der Waals surface area contributed by atoms with E-state index in [4.69, 9.17) is 14.2 Å². The van der Waals surface area contributed by atoms with Crippen LogP contribution in [0.5, 0.6) is 0 Å². The number of fused-ring (bicyclic) bond motifs is 4. The molecule has 6 rings (SSSR count). The Kier molecular flexibility index (Phi) is 5.49. The van der Waals surface area contributed by atoms with Crippen molar-refractivity contribution in [3.8, 4) is 0 Å². The minimum Gasteiger partial charge on any atom is -0.390 e. The van der Waals surface area contributed by atoms with Crippen molar-refractivity contribution in [2.75, 3.05) is 13.2 Å². The van der Waals surface area contributed by atoms with Gasteiger partial charge in [-0.15, -0.1) is 0 Å². The Labute approximate surface area is 209 Å². The minimum absolute atomic E-state index is 0.00791. The van der Waals surface area contributed by atoms with E-state index in [2.05, 4.69) is 27.7 Å². The van der Waals surface area contributed by atoms with E-state index in [-0.39, 0.29) is 41.2 Å². The van der Waals surface area contributed by atoms with Gasteiger partial charge in [-0.2, -0.15) is 0 Å². The highest BCUT2D eigenvalue weighted by atomic mass is 16.7. The van der Waals surface area contributed by atoms with Gasteiger partial charge in [0.15, 0.2) is 6.29 Å². The van der Waals surface area contributed by atoms with Crippen molar-refractivity contribution in [3.05, 3.63) is 0 Å². The molecule has 0 radical (unpaired) electrons. The zero-order chi connectivity index (χ0) is 24.9. The van der Waals surface area contributed by atoms with Crippen molar-refractivity contribution in [1.29, 1.82) is 0 Å². The zero-order valence-electron chi connectivity index (χ0n) is 22.0. The summed E-state index contributed by atoms with van der Waals surface area (Å²) in [6, 6.07) is 0. The first-order valence-corrected chi connectivity index (χ1v) is 14.1. The van der Waals surface area contributed by atoms with Crippen molar-refractivity contribution < 1.29 is 28.9 Å². The minimum atomic E-state index is -0.977. The maximum absolute atomic E-state index is 11.8. The number of carbonyl (C=O) groups excluding carboxylic acids is 2. The molecule has 6 nitrogen and oxygen atoms in total. The van der Waals surface area contributed by atoms with Gasteiger partial charge in [0.25, 0.3) is 0 Å². The molecule has 0 aromatic rings. The Morgan fingerprint density at radius 1 is 1.00 bits per heavy atom. The molecule has 1 saturated heterocycles. The van der Waals surface area contributed by atoms with Gasteiger partial charge in [0, 0.05) is 12.0 Å². The second-order valence-corrected chi connectivity index (χ2v) is 13.9. The van der Waals surface area contributed by atoms with Crippen LogP contribution in [0.2, 0.25) is 0 Å². The third-order valence-electron chi connectivity index (χ3n) is 13.0. The molecule has 5 aliphatic carbocycles. The fraction of sp³-hybridized carbons (Fsp3) is 0.931. The van der Waals surface area contributed by atoms with Gasteiger partial charge >= 0.3 is 0 Å². The van der Waals surface area contributed by atoms with E-state index in [1.807, 2.05) is 0 Å². The van der Waals surface area contributed by atoms with Crippen molar-refractivity contribution >= 4 is 12.6 Å². The third-order valence-corrected chi connectivity index (χ3v) is 13.0. The summed E-state index contributed by atoms with van der Waals surface area (Å²) in [5.74, 6) is 1.56. The SMILES string of the molecule is CC1(C)C2CCC3[C@]4(CC[C@]5(C)[C@H]6CCCOC6[C@H](O)[C@@]35C)C[C@]24CC[C@@H]1OC(C=O)OCC=O. The number of aliphatic hydroxyl groups is 1. The molecule has 6 fully saturated rings. The van der Waals surface area contributed by atoms with E-state index in [1.54, 1.807) is 0 Å². The van der Waals surface area contributed by atoms with Crippen molar-refractivity contribution in [2.45, 2.75) is 110 Å². The van der Waals surface area contributed by atoms with Gasteiger partial charge in [0.1, 0.15) is 12.9 Å². The van der Waals surface area contributed by atoms with Crippen LogP contribution in [0.25, 0.3) is 0 Å². The molecule has 1 N–H and O–H groups in total. The summed E-state index contributed by atoms with van der Waals surface area (Å²) in [5, 5.41) is 11.8. The maximum Gasteiger partial charge on any atom is 0.215 e. The lowest BCUT2D eigenvalue weighted by atomic mass is 9.41. The first-order valence-electron chi connectivity index (χ1n) is 14.1. The lowest BCUT2D eigenvalue weighted by molar-refractivity contribution is -0.223. The summed E-state index contributed by atoms with van der Waals surface area (Å²) in [5.41, 5.74) is 0.609. The van der Waals surface area contributed by atoms with Crippen molar-refractivity contribution in [3.63, 3.8) is 0 Å². The first-order chi connectivity index (χ1) is 16.6. The Morgan fingerprint density at radius 2 is 1.74 bits per heavy atom. The van der Waals surface area contributed by atoms with E-state index in [0.717, 1.165) is 38.7 Å². The van der Waals surface area contributed by atoms with E-state index in [9.17, 15) is 14.7 Å². The van der Waals surface area contributed by atoms with Gasteiger partial charge < -0.3 is 24.1 Å². The molecule has 1 heterocycles. The maximum atomic E-state index is 11.8. The van der Waals surface area contributed by atoms with Gasteiger partial charge in [-0.1, -0.05) is 27.7 Å². The van der Waals surface area contributed by atoms with Crippen LogP contribution in [0, 0.1) is 44.8 Å². The van der Waals surface area contributed by atoms with Gasteiger partial charge in [0.05, 0.1) is 18.3 Å². The number of aldehydes is 2. The van der Waals surface area contributed by atoms with Crippen molar-refractivity contribution in [1.82, 2.24) is 0 Å². The van der Waals surface area contributed by atoms with Crippen LogP contribution in [0.3, 0.4) is 0 Å². The predicted octanol–water partition coefficient (Wildman–Crippen LogP) is 4.31. The first kappa shape index (κ1) is 24.5. The molecule has 5 saturated carbocycles. The molecule has 196 valence electrons. The second-order valence-electron chi connectivity index (χ2n) is 13.9. The molecule has 0 amide bonds. The number of hydrogen-bond acceptors (Lipinski definition) is 6. The molecule has 6 aliphatic rings. The molecular formula is C29H44O6. The van der Waals surface area contributed by atoms with Gasteiger partial charge in [-0.25, -0.2) is 0 Å². The average Bonchev–Trinajstić information content (AvgIpc) is 3.48. The Hall–Kier alpha value is -0.820. The molecule has 11 atom stereocenters. The number of hydrogen-bond donors (Lipinski definition) is 1. The number of carbonyl (C=O) groups is 2. The van der Waals surface area contributed by atoms with Crippen molar-refractivity contribution in [2.24, 2.45) is 44.8 Å². The molecule has 0 aromatic carbocycles. The van der Waals surface area contributed by atoms with E-state index < -0.39 is 6.29 Å². The van der Waals surface area contributed by atoms with Crippen LogP contribution in [0.4, 0.5) is 0 Å². The standard InChI is InChI=1S/C29H44O6/c1-25(2)19-7-8-20-27(4)24(32)23-18(6-5-14-34-23)26(27,3)11-12-29(20)17-28(19,29)10-9-21(25)35-22(16-31)33-15-13-30/h13,16,18-24,32H,5-12,14-15,17H2,1-4H3/t18-,19?,20?,21-,22?,23?,24-,26+,27+,28+,29-/m0/s1. The molecule has 2 spiro atoms. The second kappa shape index (κ2) is 7.85. The van der Waals surface area contributed by atoms with Crippen LogP contribution in [0.15, 0.2) is 0 Å². The Morgan fingerprint density at radius 3 is 2.49 bits per heavy atom. The summed E-state index contributed by atoms with van der Waals surface area (Å²) < 4.78 is 17.8. The Bertz CT molecular complexity index is 888. The lowest BCUT2D eigenvalue weighted by Gasteiger charge is -2.63. The molecule has 6 heteroatoms. The van der Waals surface area contributed by atoms with Gasteiger partial charge in [0.2, 0.25) is 6.29 Å². The van der Waals surface area contributed by atoms with E-state index in [1.165, 1.54) is 25.7 Å². The normalized spacial score (nSPS) is 54.3. The smallest absolute Gasteiger partial charge is 0.215 e. The largest absolute Gasteiger partial charge is 0.390 e. The molecule has 35 heavy (non-hydrogen) atoms. The summed E-state index contributed by atoms with van der Waals surface area (Å²) >= 11 is 0. The highest BCUT2D eigenvalue weighted by Crippen LogP contribution is 2.89. The molecule has 4 unspecified atom stereocenters. The number of rotatable bonds is 6. The van der Waals surface area contributed by atoms with Crippen LogP contribution in [-0.2, 0) is 23.8 Å². The monoisotopic (exact) mass is 488 g/mol. The summed E-state index contributed by atoms with van der Waals surface area (Å²) in [7, 11) is 0. The summed E-state index contributed by atoms with van der Waals surface area (Å²) in [4.78, 5) is 22.3. The van der Waals surface area contributed by atoms with Gasteiger partial charge in [-0.05, 0) is 97.2 Å². The predicted molar refractivity (Wildman–Crippen MR) is 129 cm³/mol. The quantitative estimate of drug-likeness (QED) is 0.443. The van der Waals surface area contributed by atoms with Crippen LogP contribution >= 0.6 is 0 Å². The number of aliphatic hydroxyl groups excluding tert-OH is 1. The third kappa shape index (κ3) is 2.86. The average molecular weight is 489 g/mol. The lowest BCUT2D eigenvalue weighted by Crippen LogP contribution is -2.60. The van der Waals surface area contributed by atoms with Gasteiger partial charge in [-0.3, -0.25) is 4.79 Å². The van der Waals surface area contributed by atoms with E-state index >= 15 is 0 Å². The highest BCUT2D eigenvalue weighted by molar-refractivity contribution is 5.55. The van der Waals surface area contributed by atoms with Crippen LogP contribution in [0.1, 0.15) is 85.5 Å². The van der Waals surface area contributed by atoms with Crippen LogP contribution < -0.4 is 0 Å². The molecule has 1 aliphatic heterocycles. The highest BCUT2D eigenvalue weighted by Gasteiger charge is 2.84. The Balaban J connectivity index is 1.28. The number of ether oxygens (including phenoxy) is 3.